The van der Waals surface area contributed by atoms with Crippen molar-refractivity contribution in [2.45, 2.75) is 69.5 Å². The Bertz CT molecular complexity index is 1520. The molecule has 8 nitrogen and oxygen atoms in total. The van der Waals surface area contributed by atoms with Gasteiger partial charge in [-0.2, -0.15) is 0 Å². The van der Waals surface area contributed by atoms with Crippen LogP contribution in [0.3, 0.4) is 0 Å². The lowest BCUT2D eigenvalue weighted by Crippen LogP contribution is -2.53. The summed E-state index contributed by atoms with van der Waals surface area (Å²) < 4.78 is 34.4. The zero-order valence-corrected chi connectivity index (χ0v) is 26.9. The number of hydrogen-bond donors (Lipinski definition) is 1. The van der Waals surface area contributed by atoms with E-state index in [9.17, 15) is 18.0 Å². The van der Waals surface area contributed by atoms with Crippen LogP contribution in [0, 0.1) is 6.92 Å². The van der Waals surface area contributed by atoms with Crippen molar-refractivity contribution in [1.29, 1.82) is 0 Å². The summed E-state index contributed by atoms with van der Waals surface area (Å²) in [4.78, 5) is 29.0. The number of amides is 2. The molecule has 2 amide bonds. The Morgan fingerprint density at radius 2 is 1.63 bits per heavy atom. The fraction of sp³-hybridized carbons (Fsp3) is 0.375. The second-order valence-corrected chi connectivity index (χ2v) is 13.6. The Morgan fingerprint density at radius 1 is 0.977 bits per heavy atom. The van der Waals surface area contributed by atoms with Gasteiger partial charge in [-0.15, -0.1) is 0 Å². The highest BCUT2D eigenvalue weighted by molar-refractivity contribution is 7.92. The van der Waals surface area contributed by atoms with Crippen LogP contribution in [0.15, 0.2) is 71.6 Å². The first-order chi connectivity index (χ1) is 20.5. The Morgan fingerprint density at radius 3 is 2.26 bits per heavy atom. The summed E-state index contributed by atoms with van der Waals surface area (Å²) in [6, 6.07) is 17.1. The van der Waals surface area contributed by atoms with Crippen molar-refractivity contribution < 1.29 is 22.7 Å². The van der Waals surface area contributed by atoms with E-state index < -0.39 is 28.5 Å². The van der Waals surface area contributed by atoms with Crippen molar-refractivity contribution in [1.82, 2.24) is 10.2 Å². The number of sulfonamides is 1. The van der Waals surface area contributed by atoms with E-state index in [1.165, 1.54) is 35.2 Å². The Kier molecular flexibility index (Phi) is 11.0. The number of nitrogens with one attached hydrogen (secondary N) is 1. The second-order valence-electron chi connectivity index (χ2n) is 10.8. The number of hydrogen-bond acceptors (Lipinski definition) is 5. The maximum absolute atomic E-state index is 14.2. The third-order valence-electron chi connectivity index (χ3n) is 7.63. The number of halogens is 2. The molecule has 0 aliphatic heterocycles. The van der Waals surface area contributed by atoms with E-state index in [4.69, 9.17) is 27.9 Å². The Labute approximate surface area is 264 Å². The molecule has 1 fully saturated rings. The maximum atomic E-state index is 14.2. The van der Waals surface area contributed by atoms with Crippen LogP contribution in [0.2, 0.25) is 10.0 Å². The number of rotatable bonds is 11. The van der Waals surface area contributed by atoms with Crippen molar-refractivity contribution in [3.63, 3.8) is 0 Å². The van der Waals surface area contributed by atoms with Crippen molar-refractivity contribution >= 4 is 50.7 Å². The molecule has 0 heterocycles. The fourth-order valence-corrected chi connectivity index (χ4v) is 7.08. The quantitative estimate of drug-likeness (QED) is 0.261. The van der Waals surface area contributed by atoms with Gasteiger partial charge in [0.2, 0.25) is 11.8 Å². The molecule has 3 aromatic carbocycles. The topological polar surface area (TPSA) is 96.0 Å². The molecule has 1 aliphatic carbocycles. The molecule has 230 valence electrons. The summed E-state index contributed by atoms with van der Waals surface area (Å²) in [6.07, 6.45) is 5.00. The van der Waals surface area contributed by atoms with E-state index in [0.29, 0.717) is 5.75 Å². The van der Waals surface area contributed by atoms with Crippen molar-refractivity contribution in [3.8, 4) is 5.75 Å². The molecule has 1 aliphatic rings. The van der Waals surface area contributed by atoms with Crippen LogP contribution >= 0.6 is 23.2 Å². The lowest BCUT2D eigenvalue weighted by Gasteiger charge is -2.33. The number of aryl methyl sites for hydroxylation is 1. The molecule has 0 aromatic heterocycles. The van der Waals surface area contributed by atoms with Gasteiger partial charge in [0.15, 0.2) is 0 Å². The molecular formula is C32H37Cl2N3O5S. The van der Waals surface area contributed by atoms with Gasteiger partial charge in [0.1, 0.15) is 18.3 Å². The van der Waals surface area contributed by atoms with Crippen LogP contribution < -0.4 is 14.4 Å². The largest absolute Gasteiger partial charge is 0.497 e. The molecule has 0 saturated heterocycles. The number of carbonyl (C=O) groups excluding carboxylic acids is 2. The molecule has 43 heavy (non-hydrogen) atoms. The summed E-state index contributed by atoms with van der Waals surface area (Å²) in [5.41, 5.74) is 1.74. The highest BCUT2D eigenvalue weighted by atomic mass is 35.5. The molecule has 11 heteroatoms. The summed E-state index contributed by atoms with van der Waals surface area (Å²) in [5, 5.41) is 3.53. The molecule has 0 radical (unpaired) electrons. The van der Waals surface area contributed by atoms with Crippen LogP contribution in [0.5, 0.6) is 5.75 Å². The van der Waals surface area contributed by atoms with Gasteiger partial charge in [0.25, 0.3) is 10.0 Å². The predicted octanol–water partition coefficient (Wildman–Crippen LogP) is 6.37. The SMILES string of the molecule is COc1cccc(CN(C(=O)CN(c2cc(Cl)cc(Cl)c2)S(=O)(=O)c2ccc(C)cc2)C(C)C(=O)NC2CCCCC2)c1. The van der Waals surface area contributed by atoms with Gasteiger partial charge in [-0.05, 0) is 74.7 Å². The summed E-state index contributed by atoms with van der Waals surface area (Å²) in [6.45, 7) is 2.98. The van der Waals surface area contributed by atoms with E-state index >= 15 is 0 Å². The average Bonchev–Trinajstić information content (AvgIpc) is 2.98. The maximum Gasteiger partial charge on any atom is 0.264 e. The third-order valence-corrected chi connectivity index (χ3v) is 9.85. The minimum Gasteiger partial charge on any atom is -0.497 e. The Hall–Kier alpha value is -3.27. The normalized spacial score (nSPS) is 14.5. The lowest BCUT2D eigenvalue weighted by atomic mass is 9.95. The van der Waals surface area contributed by atoms with Crippen molar-refractivity contribution in [2.24, 2.45) is 0 Å². The molecule has 1 saturated carbocycles. The zero-order valence-electron chi connectivity index (χ0n) is 24.6. The minimum atomic E-state index is -4.24. The smallest absolute Gasteiger partial charge is 0.264 e. The van der Waals surface area contributed by atoms with Gasteiger partial charge >= 0.3 is 0 Å². The van der Waals surface area contributed by atoms with Gasteiger partial charge in [0, 0.05) is 22.6 Å². The summed E-state index contributed by atoms with van der Waals surface area (Å²) in [5.74, 6) is -0.260. The van der Waals surface area contributed by atoms with Gasteiger partial charge < -0.3 is 15.0 Å². The van der Waals surface area contributed by atoms with E-state index in [2.05, 4.69) is 5.32 Å². The first-order valence-electron chi connectivity index (χ1n) is 14.3. The van der Waals surface area contributed by atoms with E-state index in [1.54, 1.807) is 44.4 Å². The molecule has 1 N–H and O–H groups in total. The van der Waals surface area contributed by atoms with E-state index in [1.807, 2.05) is 13.0 Å². The van der Waals surface area contributed by atoms with E-state index in [0.717, 1.165) is 47.5 Å². The number of benzene rings is 3. The minimum absolute atomic E-state index is 0.00411. The predicted molar refractivity (Wildman–Crippen MR) is 170 cm³/mol. The number of nitrogens with zero attached hydrogens (tertiary/aromatic N) is 2. The van der Waals surface area contributed by atoms with Gasteiger partial charge in [-0.25, -0.2) is 8.42 Å². The molecule has 0 bridgehead atoms. The number of carbonyl (C=O) groups is 2. The van der Waals surface area contributed by atoms with Crippen molar-refractivity contribution in [3.05, 3.63) is 87.9 Å². The zero-order chi connectivity index (χ0) is 31.1. The van der Waals surface area contributed by atoms with Crippen LogP contribution in [0.25, 0.3) is 0 Å². The van der Waals surface area contributed by atoms with Crippen LogP contribution in [-0.4, -0.2) is 50.9 Å². The van der Waals surface area contributed by atoms with Gasteiger partial charge in [-0.1, -0.05) is 72.3 Å². The van der Waals surface area contributed by atoms with Crippen LogP contribution in [0.4, 0.5) is 5.69 Å². The molecule has 1 unspecified atom stereocenters. The molecule has 0 spiro atoms. The molecule has 4 rings (SSSR count). The number of anilines is 1. The van der Waals surface area contributed by atoms with Gasteiger partial charge in [-0.3, -0.25) is 13.9 Å². The summed E-state index contributed by atoms with van der Waals surface area (Å²) in [7, 11) is -2.69. The highest BCUT2D eigenvalue weighted by Crippen LogP contribution is 2.30. The second kappa shape index (κ2) is 14.5. The highest BCUT2D eigenvalue weighted by Gasteiger charge is 2.33. The number of methoxy groups -OCH3 is 1. The number of ether oxygens (including phenoxy) is 1. The first kappa shape index (κ1) is 32.6. The van der Waals surface area contributed by atoms with Crippen molar-refractivity contribution in [2.75, 3.05) is 18.0 Å². The molecular weight excluding hydrogens is 609 g/mol. The monoisotopic (exact) mass is 645 g/mol. The summed E-state index contributed by atoms with van der Waals surface area (Å²) >= 11 is 12.5. The van der Waals surface area contributed by atoms with Crippen LogP contribution in [-0.2, 0) is 26.2 Å². The molecule has 1 atom stereocenters. The van der Waals surface area contributed by atoms with Crippen LogP contribution in [0.1, 0.15) is 50.2 Å². The fourth-order valence-electron chi connectivity index (χ4n) is 5.17. The van der Waals surface area contributed by atoms with Gasteiger partial charge in [0.05, 0.1) is 17.7 Å². The third kappa shape index (κ3) is 8.43. The average molecular weight is 647 g/mol. The first-order valence-corrected chi connectivity index (χ1v) is 16.5. The van der Waals surface area contributed by atoms with E-state index in [-0.39, 0.29) is 39.1 Å². The lowest BCUT2D eigenvalue weighted by molar-refractivity contribution is -0.139. The standard InChI is InChI=1S/C32H37Cl2N3O5S/c1-22-12-14-30(15-13-22)43(40,41)37(28-18-25(33)17-26(34)19-28)21-31(38)36(20-24-8-7-11-29(16-24)42-3)23(2)32(39)35-27-9-5-4-6-10-27/h7-8,11-19,23,27H,4-6,9-10,20-21H2,1-3H3,(H,35,39). The Balaban J connectivity index is 1.71. The molecule has 3 aromatic rings.